The van der Waals surface area contributed by atoms with Crippen LogP contribution in [0.15, 0.2) is 60.8 Å². The molecule has 1 aromatic heterocycles. The van der Waals surface area contributed by atoms with Crippen LogP contribution in [0.5, 0.6) is 0 Å². The van der Waals surface area contributed by atoms with Gasteiger partial charge in [0, 0.05) is 29.4 Å². The summed E-state index contributed by atoms with van der Waals surface area (Å²) in [5, 5.41) is 10.3. The van der Waals surface area contributed by atoms with Gasteiger partial charge in [0.05, 0.1) is 6.07 Å². The second kappa shape index (κ2) is 4.99. The molecule has 1 atom stereocenters. The first-order valence-electron chi connectivity index (χ1n) is 6.38. The third-order valence-electron chi connectivity index (χ3n) is 3.50. The predicted octanol–water partition coefficient (Wildman–Crippen LogP) is 4.21. The highest BCUT2D eigenvalue weighted by Crippen LogP contribution is 2.32. The number of nitriles is 1. The molecule has 0 bridgehead atoms. The minimum atomic E-state index is 0.130. The van der Waals surface area contributed by atoms with Crippen molar-refractivity contribution >= 4 is 10.9 Å². The summed E-state index contributed by atoms with van der Waals surface area (Å²) in [5.74, 6) is 0.130. The number of hydrogen-bond donors (Lipinski definition) is 1. The van der Waals surface area contributed by atoms with Gasteiger partial charge in [-0.25, -0.2) is 0 Å². The second-order valence-electron chi connectivity index (χ2n) is 4.61. The van der Waals surface area contributed by atoms with Crippen molar-refractivity contribution in [1.82, 2.24) is 4.98 Å². The maximum Gasteiger partial charge on any atom is 0.0631 e. The van der Waals surface area contributed by atoms with Crippen LogP contribution in [0.3, 0.4) is 0 Å². The monoisotopic (exact) mass is 246 g/mol. The van der Waals surface area contributed by atoms with Gasteiger partial charge in [0.25, 0.3) is 0 Å². The first-order valence-corrected chi connectivity index (χ1v) is 6.38. The van der Waals surface area contributed by atoms with Gasteiger partial charge in [-0.1, -0.05) is 42.5 Å². The number of benzene rings is 2. The molecule has 2 nitrogen and oxygen atoms in total. The Kier molecular flexibility index (Phi) is 3.04. The molecule has 0 amide bonds. The van der Waals surface area contributed by atoms with Gasteiger partial charge in [0.1, 0.15) is 0 Å². The van der Waals surface area contributed by atoms with Crippen molar-refractivity contribution < 1.29 is 0 Å². The SMILES string of the molecule is N#CC[C@H](c1ccccc1)c1cccc2[nH]ccc12. The fraction of sp³-hybridized carbons (Fsp3) is 0.118. The van der Waals surface area contributed by atoms with E-state index in [9.17, 15) is 0 Å². The molecule has 0 saturated carbocycles. The van der Waals surface area contributed by atoms with Crippen LogP contribution in [0.4, 0.5) is 0 Å². The quantitative estimate of drug-likeness (QED) is 0.738. The van der Waals surface area contributed by atoms with Crippen molar-refractivity contribution in [2.24, 2.45) is 0 Å². The first-order chi connectivity index (χ1) is 9.40. The summed E-state index contributed by atoms with van der Waals surface area (Å²) in [5.41, 5.74) is 3.53. The molecule has 2 aromatic carbocycles. The van der Waals surface area contributed by atoms with E-state index >= 15 is 0 Å². The molecule has 0 aliphatic carbocycles. The van der Waals surface area contributed by atoms with Gasteiger partial charge in [0.15, 0.2) is 0 Å². The van der Waals surface area contributed by atoms with Gasteiger partial charge in [-0.15, -0.1) is 0 Å². The zero-order valence-electron chi connectivity index (χ0n) is 10.5. The Morgan fingerprint density at radius 2 is 1.84 bits per heavy atom. The van der Waals surface area contributed by atoms with Crippen LogP contribution in [0.25, 0.3) is 10.9 Å². The van der Waals surface area contributed by atoms with E-state index in [2.05, 4.69) is 41.4 Å². The average Bonchev–Trinajstić information content (AvgIpc) is 2.94. The van der Waals surface area contributed by atoms with E-state index < -0.39 is 0 Å². The molecular formula is C17H14N2. The van der Waals surface area contributed by atoms with Crippen LogP contribution in [0.1, 0.15) is 23.5 Å². The van der Waals surface area contributed by atoms with Crippen LogP contribution in [0, 0.1) is 11.3 Å². The van der Waals surface area contributed by atoms with E-state index in [4.69, 9.17) is 5.26 Å². The largest absolute Gasteiger partial charge is 0.361 e. The van der Waals surface area contributed by atoms with Crippen LogP contribution >= 0.6 is 0 Å². The number of fused-ring (bicyclic) bond motifs is 1. The highest BCUT2D eigenvalue weighted by atomic mass is 14.7. The van der Waals surface area contributed by atoms with Crippen molar-refractivity contribution in [2.75, 3.05) is 0 Å². The normalized spacial score (nSPS) is 12.2. The Morgan fingerprint density at radius 3 is 2.63 bits per heavy atom. The highest BCUT2D eigenvalue weighted by Gasteiger charge is 2.16. The molecule has 0 radical (unpaired) electrons. The number of hydrogen-bond acceptors (Lipinski definition) is 1. The number of H-pyrrole nitrogens is 1. The lowest BCUT2D eigenvalue weighted by molar-refractivity contribution is 0.846. The fourth-order valence-electron chi connectivity index (χ4n) is 2.60. The summed E-state index contributed by atoms with van der Waals surface area (Å²) in [6, 6.07) is 20.8. The van der Waals surface area contributed by atoms with Crippen LogP contribution in [-0.4, -0.2) is 4.98 Å². The maximum absolute atomic E-state index is 9.12. The lowest BCUT2D eigenvalue weighted by atomic mass is 9.87. The minimum Gasteiger partial charge on any atom is -0.361 e. The molecule has 0 aliphatic heterocycles. The summed E-state index contributed by atoms with van der Waals surface area (Å²) in [7, 11) is 0. The lowest BCUT2D eigenvalue weighted by Gasteiger charge is -2.15. The smallest absolute Gasteiger partial charge is 0.0631 e. The Balaban J connectivity index is 2.15. The van der Waals surface area contributed by atoms with Crippen LogP contribution in [0.2, 0.25) is 0 Å². The van der Waals surface area contributed by atoms with Crippen molar-refractivity contribution in [3.63, 3.8) is 0 Å². The molecule has 0 saturated heterocycles. The minimum absolute atomic E-state index is 0.130. The molecule has 0 fully saturated rings. The second-order valence-corrected chi connectivity index (χ2v) is 4.61. The van der Waals surface area contributed by atoms with Crippen molar-refractivity contribution in [2.45, 2.75) is 12.3 Å². The molecular weight excluding hydrogens is 232 g/mol. The molecule has 1 heterocycles. The predicted molar refractivity (Wildman–Crippen MR) is 76.8 cm³/mol. The van der Waals surface area contributed by atoms with Crippen molar-refractivity contribution in [3.05, 3.63) is 71.9 Å². The number of nitrogens with zero attached hydrogens (tertiary/aromatic N) is 1. The lowest BCUT2D eigenvalue weighted by Crippen LogP contribution is -2.00. The van der Waals surface area contributed by atoms with Gasteiger partial charge in [-0.05, 0) is 23.3 Å². The van der Waals surface area contributed by atoms with E-state index in [1.807, 2.05) is 30.5 Å². The number of rotatable bonds is 3. The number of aromatic amines is 1. The Hall–Kier alpha value is -2.53. The van der Waals surface area contributed by atoms with E-state index in [1.54, 1.807) is 0 Å². The maximum atomic E-state index is 9.12. The summed E-state index contributed by atoms with van der Waals surface area (Å²) < 4.78 is 0. The van der Waals surface area contributed by atoms with E-state index in [0.29, 0.717) is 6.42 Å². The van der Waals surface area contributed by atoms with E-state index in [-0.39, 0.29) is 5.92 Å². The van der Waals surface area contributed by atoms with E-state index in [0.717, 1.165) is 5.52 Å². The Bertz CT molecular complexity index is 720. The third kappa shape index (κ3) is 2.11. The average molecular weight is 246 g/mol. The number of aromatic nitrogens is 1. The molecule has 3 rings (SSSR count). The molecule has 19 heavy (non-hydrogen) atoms. The first kappa shape index (κ1) is 11.6. The number of nitrogens with one attached hydrogen (secondary N) is 1. The van der Waals surface area contributed by atoms with Crippen LogP contribution < -0.4 is 0 Å². The highest BCUT2D eigenvalue weighted by molar-refractivity contribution is 5.84. The summed E-state index contributed by atoms with van der Waals surface area (Å²) >= 11 is 0. The molecule has 92 valence electrons. The standard InChI is InChI=1S/C17H14N2/c18-11-9-14(13-5-2-1-3-6-13)15-7-4-8-17-16(15)10-12-19-17/h1-8,10,12,14,19H,9H2/t14-/m1/s1. The molecule has 1 N–H and O–H groups in total. The zero-order chi connectivity index (χ0) is 13.1. The molecule has 0 spiro atoms. The van der Waals surface area contributed by atoms with Crippen molar-refractivity contribution in [3.8, 4) is 6.07 Å². The van der Waals surface area contributed by atoms with Gasteiger partial charge in [-0.3, -0.25) is 0 Å². The van der Waals surface area contributed by atoms with Gasteiger partial charge >= 0.3 is 0 Å². The van der Waals surface area contributed by atoms with Gasteiger partial charge in [-0.2, -0.15) is 5.26 Å². The molecule has 3 aromatic rings. The van der Waals surface area contributed by atoms with Gasteiger partial charge in [0.2, 0.25) is 0 Å². The molecule has 0 aliphatic rings. The van der Waals surface area contributed by atoms with Crippen LogP contribution in [-0.2, 0) is 0 Å². The summed E-state index contributed by atoms with van der Waals surface area (Å²) in [6.07, 6.45) is 2.44. The fourth-order valence-corrected chi connectivity index (χ4v) is 2.60. The molecule has 0 unspecified atom stereocenters. The summed E-state index contributed by atoms with van der Waals surface area (Å²) in [4.78, 5) is 3.23. The van der Waals surface area contributed by atoms with E-state index in [1.165, 1.54) is 16.5 Å². The Labute approximate surface area is 112 Å². The molecule has 2 heteroatoms. The topological polar surface area (TPSA) is 39.6 Å². The zero-order valence-corrected chi connectivity index (χ0v) is 10.5. The Morgan fingerprint density at radius 1 is 1.00 bits per heavy atom. The van der Waals surface area contributed by atoms with Gasteiger partial charge < -0.3 is 4.98 Å². The third-order valence-corrected chi connectivity index (χ3v) is 3.50. The summed E-state index contributed by atoms with van der Waals surface area (Å²) in [6.45, 7) is 0. The van der Waals surface area contributed by atoms with Crippen molar-refractivity contribution in [1.29, 1.82) is 5.26 Å².